The Morgan fingerprint density at radius 1 is 0.892 bits per heavy atom. The second-order valence-electron chi connectivity index (χ2n) is 8.49. The molecule has 0 spiro atoms. The third-order valence-corrected chi connectivity index (χ3v) is 6.98. The molecule has 8 nitrogen and oxygen atoms in total. The van der Waals surface area contributed by atoms with Crippen molar-refractivity contribution in [3.63, 3.8) is 0 Å². The van der Waals surface area contributed by atoms with Crippen molar-refractivity contribution in [2.75, 3.05) is 6.61 Å². The number of esters is 1. The largest absolute Gasteiger partial charge is 0.463 e. The fraction of sp³-hybridized carbons (Fsp3) is 0.321. The van der Waals surface area contributed by atoms with E-state index in [0.717, 1.165) is 16.0 Å². The zero-order valence-electron chi connectivity index (χ0n) is 20.5. The van der Waals surface area contributed by atoms with Crippen LogP contribution < -0.4 is 0 Å². The minimum Gasteiger partial charge on any atom is -0.463 e. The van der Waals surface area contributed by atoms with Gasteiger partial charge in [-0.1, -0.05) is 95.7 Å². The monoisotopic (exact) mass is 519 g/mol. The van der Waals surface area contributed by atoms with E-state index in [-0.39, 0.29) is 19.8 Å². The molecule has 1 fully saturated rings. The van der Waals surface area contributed by atoms with Gasteiger partial charge in [0.15, 0.2) is 0 Å². The van der Waals surface area contributed by atoms with Crippen molar-refractivity contribution in [3.05, 3.63) is 113 Å². The molecule has 4 rings (SSSR count). The van der Waals surface area contributed by atoms with Crippen LogP contribution in [0.25, 0.3) is 10.4 Å². The summed E-state index contributed by atoms with van der Waals surface area (Å²) in [5.41, 5.74) is 10.8. The van der Waals surface area contributed by atoms with E-state index in [2.05, 4.69) is 10.0 Å². The molecule has 192 valence electrons. The maximum Gasteiger partial charge on any atom is 0.302 e. The van der Waals surface area contributed by atoms with Crippen molar-refractivity contribution >= 4 is 17.7 Å². The molecule has 0 N–H and O–H groups in total. The highest BCUT2D eigenvalue weighted by molar-refractivity contribution is 7.99. The lowest BCUT2D eigenvalue weighted by Crippen LogP contribution is -2.59. The molecule has 1 saturated heterocycles. The van der Waals surface area contributed by atoms with Crippen LogP contribution in [0.15, 0.2) is 101 Å². The molecule has 37 heavy (non-hydrogen) atoms. The summed E-state index contributed by atoms with van der Waals surface area (Å²) in [6.45, 7) is 1.91. The average molecular weight is 520 g/mol. The van der Waals surface area contributed by atoms with Crippen LogP contribution >= 0.6 is 11.8 Å². The number of carbonyl (C=O) groups is 1. The third kappa shape index (κ3) is 7.82. The van der Waals surface area contributed by atoms with Crippen LogP contribution in [-0.2, 0) is 37.0 Å². The van der Waals surface area contributed by atoms with Crippen molar-refractivity contribution in [1.29, 1.82) is 0 Å². The van der Waals surface area contributed by atoms with E-state index < -0.39 is 35.8 Å². The van der Waals surface area contributed by atoms with E-state index in [9.17, 15) is 10.3 Å². The molecule has 0 radical (unpaired) electrons. The first-order chi connectivity index (χ1) is 18.1. The van der Waals surface area contributed by atoms with Gasteiger partial charge in [0, 0.05) is 16.7 Å². The summed E-state index contributed by atoms with van der Waals surface area (Å²) in [5, 5.41) is 4.11. The van der Waals surface area contributed by atoms with E-state index >= 15 is 0 Å². The van der Waals surface area contributed by atoms with Gasteiger partial charge in [-0.3, -0.25) is 4.79 Å². The Hall–Kier alpha value is -3.33. The van der Waals surface area contributed by atoms with E-state index in [1.165, 1.54) is 18.7 Å². The van der Waals surface area contributed by atoms with Gasteiger partial charge in [0.25, 0.3) is 0 Å². The predicted octanol–water partition coefficient (Wildman–Crippen LogP) is 5.92. The number of benzene rings is 3. The smallest absolute Gasteiger partial charge is 0.302 e. The molecule has 5 atom stereocenters. The minimum absolute atomic E-state index is 0.0190. The number of carbonyl (C=O) groups excluding carboxylic acids is 1. The van der Waals surface area contributed by atoms with Gasteiger partial charge in [-0.2, -0.15) is 0 Å². The maximum atomic E-state index is 11.7. The molecular weight excluding hydrogens is 490 g/mol. The van der Waals surface area contributed by atoms with Gasteiger partial charge in [0.05, 0.1) is 19.3 Å². The lowest BCUT2D eigenvalue weighted by molar-refractivity contribution is -0.210. The number of ether oxygens (including phenoxy) is 4. The Morgan fingerprint density at radius 3 is 1.97 bits per heavy atom. The predicted molar refractivity (Wildman–Crippen MR) is 141 cm³/mol. The van der Waals surface area contributed by atoms with Crippen molar-refractivity contribution in [2.24, 2.45) is 5.11 Å². The van der Waals surface area contributed by atoms with Gasteiger partial charge in [-0.25, -0.2) is 0 Å². The zero-order valence-corrected chi connectivity index (χ0v) is 21.3. The van der Waals surface area contributed by atoms with Crippen LogP contribution in [0.5, 0.6) is 0 Å². The second kappa shape index (κ2) is 13.8. The van der Waals surface area contributed by atoms with Crippen LogP contribution in [-0.4, -0.2) is 42.4 Å². The molecular formula is C28H29N3O5S. The number of rotatable bonds is 11. The molecule has 1 aliphatic rings. The second-order valence-corrected chi connectivity index (χ2v) is 9.67. The van der Waals surface area contributed by atoms with Crippen molar-refractivity contribution < 1.29 is 23.7 Å². The first-order valence-electron chi connectivity index (χ1n) is 12.0. The maximum absolute atomic E-state index is 11.7. The van der Waals surface area contributed by atoms with Gasteiger partial charge >= 0.3 is 5.97 Å². The SMILES string of the molecule is CC(=O)OC[C@H]1OC(Sc2ccccc2)[C@H](N=[N+]=[N-])[C@@H](OCc2ccccc2)[C@@H]1OCc1ccccc1. The van der Waals surface area contributed by atoms with Gasteiger partial charge in [0.2, 0.25) is 0 Å². The first-order valence-corrected chi connectivity index (χ1v) is 12.9. The summed E-state index contributed by atoms with van der Waals surface area (Å²) in [4.78, 5) is 15.7. The molecule has 3 aromatic rings. The standard InChI is InChI=1S/C28H29N3O5S/c1-20(32)33-19-24-26(34-17-21-11-5-2-6-12-21)27(35-18-22-13-7-3-8-14-22)25(30-31-29)28(36-24)37-23-15-9-4-10-16-23/h2-16,24-28H,17-19H2,1H3/t24-,25-,26-,27-,28?/m1/s1. The van der Waals surface area contributed by atoms with Crippen molar-refractivity contribution in [1.82, 2.24) is 0 Å². The van der Waals surface area contributed by atoms with E-state index in [1.807, 2.05) is 91.0 Å². The summed E-state index contributed by atoms with van der Waals surface area (Å²) >= 11 is 1.43. The highest BCUT2D eigenvalue weighted by Gasteiger charge is 2.48. The van der Waals surface area contributed by atoms with Crippen LogP contribution in [0.4, 0.5) is 0 Å². The van der Waals surface area contributed by atoms with Crippen LogP contribution in [0, 0.1) is 0 Å². The summed E-state index contributed by atoms with van der Waals surface area (Å²) < 4.78 is 24.5. The fourth-order valence-corrected chi connectivity index (χ4v) is 5.19. The summed E-state index contributed by atoms with van der Waals surface area (Å²) in [5.74, 6) is -0.420. The number of hydrogen-bond acceptors (Lipinski definition) is 7. The van der Waals surface area contributed by atoms with E-state index in [4.69, 9.17) is 18.9 Å². The molecule has 3 aromatic carbocycles. The zero-order chi connectivity index (χ0) is 25.9. The summed E-state index contributed by atoms with van der Waals surface area (Å²) in [6.07, 6.45) is -1.96. The normalized spacial score (nSPS) is 23.1. The molecule has 0 amide bonds. The average Bonchev–Trinajstić information content (AvgIpc) is 2.93. The Bertz CT molecular complexity index is 1160. The lowest BCUT2D eigenvalue weighted by atomic mass is 9.97. The molecule has 1 aliphatic heterocycles. The quantitative estimate of drug-likeness (QED) is 0.135. The van der Waals surface area contributed by atoms with Crippen LogP contribution in [0.1, 0.15) is 18.1 Å². The Morgan fingerprint density at radius 2 is 1.43 bits per heavy atom. The number of thioether (sulfide) groups is 1. The molecule has 0 aromatic heterocycles. The van der Waals surface area contributed by atoms with Crippen LogP contribution in [0.3, 0.4) is 0 Å². The van der Waals surface area contributed by atoms with E-state index in [1.54, 1.807) is 0 Å². The molecule has 9 heteroatoms. The van der Waals surface area contributed by atoms with Gasteiger partial charge in [-0.05, 0) is 28.8 Å². The Kier molecular flexibility index (Phi) is 9.99. The lowest BCUT2D eigenvalue weighted by Gasteiger charge is -2.44. The topological polar surface area (TPSA) is 103 Å². The first kappa shape index (κ1) is 26.7. The highest BCUT2D eigenvalue weighted by Crippen LogP contribution is 2.38. The van der Waals surface area contributed by atoms with Crippen molar-refractivity contribution in [2.45, 2.75) is 54.8 Å². The van der Waals surface area contributed by atoms with Crippen LogP contribution in [0.2, 0.25) is 0 Å². The number of nitrogens with zero attached hydrogens (tertiary/aromatic N) is 3. The molecule has 1 heterocycles. The highest BCUT2D eigenvalue weighted by atomic mass is 32.2. The molecule has 0 bridgehead atoms. The molecule has 1 unspecified atom stereocenters. The Labute approximate surface area is 220 Å². The van der Waals surface area contributed by atoms with Gasteiger partial charge in [0.1, 0.15) is 30.3 Å². The van der Waals surface area contributed by atoms with Gasteiger partial charge < -0.3 is 18.9 Å². The number of hydrogen-bond donors (Lipinski definition) is 0. The fourth-order valence-electron chi connectivity index (χ4n) is 4.06. The summed E-state index contributed by atoms with van der Waals surface area (Å²) in [6, 6.07) is 28.5. The minimum atomic E-state index is -0.701. The van der Waals surface area contributed by atoms with Gasteiger partial charge in [-0.15, -0.1) is 0 Å². The Balaban J connectivity index is 1.65. The number of azide groups is 1. The van der Waals surface area contributed by atoms with E-state index in [0.29, 0.717) is 0 Å². The molecule has 0 saturated carbocycles. The summed E-state index contributed by atoms with van der Waals surface area (Å²) in [7, 11) is 0. The van der Waals surface area contributed by atoms with Crippen molar-refractivity contribution in [3.8, 4) is 0 Å². The molecule has 0 aliphatic carbocycles. The third-order valence-electron chi connectivity index (χ3n) is 5.82.